The highest BCUT2D eigenvalue weighted by atomic mass is 16.5. The lowest BCUT2D eigenvalue weighted by Crippen LogP contribution is -2.44. The number of methoxy groups -OCH3 is 3. The van der Waals surface area contributed by atoms with Crippen LogP contribution in [-0.4, -0.2) is 51.3 Å². The fourth-order valence-electron chi connectivity index (χ4n) is 3.48. The van der Waals surface area contributed by atoms with Crippen molar-refractivity contribution in [1.82, 2.24) is 15.5 Å². The molecule has 0 spiro atoms. The second-order valence-corrected chi connectivity index (χ2v) is 6.46. The second kappa shape index (κ2) is 7.77. The first-order chi connectivity index (χ1) is 13.0. The number of benzene rings is 1. The Bertz CT molecular complexity index is 765. The number of unbranched alkanes of at least 4 members (excludes halogenated alkanes) is 1. The highest BCUT2D eigenvalue weighted by Gasteiger charge is 2.40. The van der Waals surface area contributed by atoms with Crippen LogP contribution in [0.4, 0.5) is 4.79 Å². The first kappa shape index (κ1) is 18.9. The molecule has 2 aliphatic rings. The van der Waals surface area contributed by atoms with Crippen molar-refractivity contribution in [3.05, 3.63) is 29.0 Å². The fourth-order valence-corrected chi connectivity index (χ4v) is 3.48. The number of amides is 3. The normalized spacial score (nSPS) is 18.8. The van der Waals surface area contributed by atoms with Crippen LogP contribution in [0, 0.1) is 0 Å². The average molecular weight is 375 g/mol. The van der Waals surface area contributed by atoms with Gasteiger partial charge in [-0.05, 0) is 24.1 Å². The summed E-state index contributed by atoms with van der Waals surface area (Å²) in [6.07, 6.45) is 1.91. The Labute approximate surface area is 158 Å². The summed E-state index contributed by atoms with van der Waals surface area (Å²) in [6.45, 7) is 3.17. The van der Waals surface area contributed by atoms with Crippen LogP contribution in [0.15, 0.2) is 23.4 Å². The monoisotopic (exact) mass is 375 g/mol. The van der Waals surface area contributed by atoms with Gasteiger partial charge in [-0.3, -0.25) is 4.79 Å². The van der Waals surface area contributed by atoms with E-state index in [1.165, 1.54) is 21.3 Å². The summed E-state index contributed by atoms with van der Waals surface area (Å²) in [4.78, 5) is 26.9. The maximum atomic E-state index is 13.0. The Morgan fingerprint density at radius 3 is 2.33 bits per heavy atom. The summed E-state index contributed by atoms with van der Waals surface area (Å²) in [6, 6.07) is 2.59. The summed E-state index contributed by atoms with van der Waals surface area (Å²) in [5.41, 5.74) is 1.90. The standard InChI is InChI=1S/C19H25N3O5/c1-5-6-7-22-10-12-15(18(22)23)16(21-19(24)20-12)11-8-13(25-2)17(27-4)14(9-11)26-3/h8-9,16H,5-7,10H2,1-4H3,(H2,20,21,24). The molecule has 0 bridgehead atoms. The van der Waals surface area contributed by atoms with E-state index >= 15 is 0 Å². The molecule has 1 atom stereocenters. The van der Waals surface area contributed by atoms with Crippen molar-refractivity contribution in [2.24, 2.45) is 0 Å². The number of ether oxygens (including phenoxy) is 3. The molecule has 2 heterocycles. The molecule has 0 saturated heterocycles. The summed E-state index contributed by atoms with van der Waals surface area (Å²) in [5.74, 6) is 1.33. The van der Waals surface area contributed by atoms with Gasteiger partial charge in [0.1, 0.15) is 0 Å². The zero-order valence-electron chi connectivity index (χ0n) is 16.0. The minimum absolute atomic E-state index is 0.0651. The SMILES string of the molecule is CCCCN1CC2=C(C1=O)C(c1cc(OC)c(OC)c(OC)c1)NC(=O)N2. The number of hydrogen-bond acceptors (Lipinski definition) is 5. The molecule has 0 aromatic heterocycles. The van der Waals surface area contributed by atoms with E-state index in [2.05, 4.69) is 17.6 Å². The Morgan fingerprint density at radius 2 is 1.78 bits per heavy atom. The van der Waals surface area contributed by atoms with E-state index in [9.17, 15) is 9.59 Å². The minimum Gasteiger partial charge on any atom is -0.493 e. The number of rotatable bonds is 7. The molecule has 27 heavy (non-hydrogen) atoms. The lowest BCUT2D eigenvalue weighted by Gasteiger charge is -2.26. The first-order valence-corrected chi connectivity index (χ1v) is 8.93. The van der Waals surface area contributed by atoms with Crippen LogP contribution in [0.3, 0.4) is 0 Å². The molecule has 8 nitrogen and oxygen atoms in total. The van der Waals surface area contributed by atoms with Crippen molar-refractivity contribution in [3.63, 3.8) is 0 Å². The lowest BCUT2D eigenvalue weighted by molar-refractivity contribution is -0.125. The molecule has 0 radical (unpaired) electrons. The van der Waals surface area contributed by atoms with E-state index < -0.39 is 6.04 Å². The second-order valence-electron chi connectivity index (χ2n) is 6.46. The lowest BCUT2D eigenvalue weighted by atomic mass is 9.95. The van der Waals surface area contributed by atoms with E-state index in [1.54, 1.807) is 17.0 Å². The number of carbonyl (C=O) groups is 2. The fraction of sp³-hybridized carbons (Fsp3) is 0.474. The van der Waals surface area contributed by atoms with Crippen LogP contribution in [0.25, 0.3) is 0 Å². The zero-order valence-corrected chi connectivity index (χ0v) is 16.0. The topological polar surface area (TPSA) is 89.1 Å². The van der Waals surface area contributed by atoms with E-state index in [0.717, 1.165) is 12.8 Å². The van der Waals surface area contributed by atoms with Crippen LogP contribution in [0.5, 0.6) is 17.2 Å². The molecule has 1 aromatic rings. The van der Waals surface area contributed by atoms with Gasteiger partial charge in [0.05, 0.1) is 45.2 Å². The molecule has 1 unspecified atom stereocenters. The molecule has 2 aliphatic heterocycles. The zero-order chi connectivity index (χ0) is 19.6. The Hall–Kier alpha value is -2.90. The molecule has 3 amide bonds. The molecule has 8 heteroatoms. The summed E-state index contributed by atoms with van der Waals surface area (Å²) in [7, 11) is 4.58. The molecular weight excluding hydrogens is 350 g/mol. The smallest absolute Gasteiger partial charge is 0.319 e. The van der Waals surface area contributed by atoms with E-state index in [1.807, 2.05) is 0 Å². The maximum Gasteiger partial charge on any atom is 0.319 e. The van der Waals surface area contributed by atoms with Gasteiger partial charge in [0.15, 0.2) is 11.5 Å². The molecule has 3 rings (SSSR count). The van der Waals surface area contributed by atoms with Crippen molar-refractivity contribution in [2.45, 2.75) is 25.8 Å². The number of nitrogens with zero attached hydrogens (tertiary/aromatic N) is 1. The first-order valence-electron chi connectivity index (χ1n) is 8.93. The molecular formula is C19H25N3O5. The number of carbonyl (C=O) groups excluding carboxylic acids is 2. The number of hydrogen-bond donors (Lipinski definition) is 2. The van der Waals surface area contributed by atoms with Crippen LogP contribution in [0.2, 0.25) is 0 Å². The number of urea groups is 1. The third kappa shape index (κ3) is 3.39. The van der Waals surface area contributed by atoms with Crippen LogP contribution >= 0.6 is 0 Å². The van der Waals surface area contributed by atoms with Crippen molar-refractivity contribution in [3.8, 4) is 17.2 Å². The summed E-state index contributed by atoms with van der Waals surface area (Å²) in [5, 5.41) is 5.62. The van der Waals surface area contributed by atoms with E-state index in [0.29, 0.717) is 47.2 Å². The van der Waals surface area contributed by atoms with Crippen molar-refractivity contribution < 1.29 is 23.8 Å². The van der Waals surface area contributed by atoms with Gasteiger partial charge in [-0.1, -0.05) is 13.3 Å². The Balaban J connectivity index is 2.02. The van der Waals surface area contributed by atoms with Crippen molar-refractivity contribution >= 4 is 11.9 Å². The van der Waals surface area contributed by atoms with Gasteiger partial charge < -0.3 is 29.7 Å². The van der Waals surface area contributed by atoms with Crippen molar-refractivity contribution in [1.29, 1.82) is 0 Å². The van der Waals surface area contributed by atoms with E-state index in [4.69, 9.17) is 14.2 Å². The maximum absolute atomic E-state index is 13.0. The van der Waals surface area contributed by atoms with Gasteiger partial charge >= 0.3 is 6.03 Å². The number of nitrogens with one attached hydrogen (secondary N) is 2. The molecule has 1 aromatic carbocycles. The predicted octanol–water partition coefficient (Wildman–Crippen LogP) is 1.96. The minimum atomic E-state index is -0.582. The molecule has 2 N–H and O–H groups in total. The average Bonchev–Trinajstić information content (AvgIpc) is 2.99. The molecule has 0 fully saturated rings. The van der Waals surface area contributed by atoms with Gasteiger partial charge in [0.2, 0.25) is 5.75 Å². The molecule has 0 aliphatic carbocycles. The van der Waals surface area contributed by atoms with Gasteiger partial charge in [-0.2, -0.15) is 0 Å². The molecule has 0 saturated carbocycles. The third-order valence-electron chi connectivity index (χ3n) is 4.82. The van der Waals surface area contributed by atoms with E-state index in [-0.39, 0.29) is 11.9 Å². The highest BCUT2D eigenvalue weighted by Crippen LogP contribution is 2.42. The largest absolute Gasteiger partial charge is 0.493 e. The van der Waals surface area contributed by atoms with Crippen molar-refractivity contribution in [2.75, 3.05) is 34.4 Å². The predicted molar refractivity (Wildman–Crippen MR) is 99.0 cm³/mol. The Morgan fingerprint density at radius 1 is 1.11 bits per heavy atom. The Kier molecular flexibility index (Phi) is 5.43. The summed E-state index contributed by atoms with van der Waals surface area (Å²) < 4.78 is 16.2. The molecule has 146 valence electrons. The van der Waals surface area contributed by atoms with Crippen LogP contribution in [0.1, 0.15) is 31.4 Å². The van der Waals surface area contributed by atoms with Crippen LogP contribution in [-0.2, 0) is 4.79 Å². The quantitative estimate of drug-likeness (QED) is 0.761. The third-order valence-corrected chi connectivity index (χ3v) is 4.82. The highest BCUT2D eigenvalue weighted by molar-refractivity contribution is 6.01. The van der Waals surface area contributed by atoms with Gasteiger partial charge in [-0.15, -0.1) is 0 Å². The van der Waals surface area contributed by atoms with Crippen LogP contribution < -0.4 is 24.8 Å². The van der Waals surface area contributed by atoms with Gasteiger partial charge in [-0.25, -0.2) is 4.79 Å². The van der Waals surface area contributed by atoms with Gasteiger partial charge in [0.25, 0.3) is 5.91 Å². The summed E-state index contributed by atoms with van der Waals surface area (Å²) >= 11 is 0. The van der Waals surface area contributed by atoms with Gasteiger partial charge in [0, 0.05) is 6.54 Å².